The van der Waals surface area contributed by atoms with Crippen LogP contribution in [0.5, 0.6) is 46.0 Å². The summed E-state index contributed by atoms with van der Waals surface area (Å²) in [5.41, 5.74) is 2.74. The van der Waals surface area contributed by atoms with Crippen molar-refractivity contribution in [2.75, 3.05) is 28.4 Å². The number of benzene rings is 5. The first-order chi connectivity index (χ1) is 21.2. The Morgan fingerprint density at radius 3 is 2.11 bits per heavy atom. The fraction of sp³-hybridized carbons (Fsp3) is 0.147. The molecule has 0 spiro atoms. The molecule has 0 unspecified atom stereocenters. The summed E-state index contributed by atoms with van der Waals surface area (Å²) in [7, 11) is 5.73. The number of ether oxygens (including phenoxy) is 4. The van der Waals surface area contributed by atoms with Gasteiger partial charge in [-0.2, -0.15) is 0 Å². The molecule has 0 amide bonds. The molecule has 0 aliphatic heterocycles. The van der Waals surface area contributed by atoms with Crippen LogP contribution in [0.2, 0.25) is 0 Å². The summed E-state index contributed by atoms with van der Waals surface area (Å²) in [4.78, 5) is 13.5. The minimum absolute atomic E-state index is 0.0163. The van der Waals surface area contributed by atoms with Crippen LogP contribution in [0.3, 0.4) is 0 Å². The standard InChI is InChI=1S/C34H28O10/c1-40-26-13-19(35)7-5-16(26)9-21-30(17-6-8-23(36)28(12-17)41-2)20-14-29(42-3)32(39)34(43-4)31(20)22-10-18-11-24(37)25(38)15-27(18)44-33(21)22/h5-8,10-15,35-38H,9H2,1-4H3. The topological polar surface area (TPSA) is 148 Å². The van der Waals surface area contributed by atoms with Gasteiger partial charge in [0, 0.05) is 40.3 Å². The molecule has 10 heteroatoms. The van der Waals surface area contributed by atoms with E-state index in [4.69, 9.17) is 23.4 Å². The van der Waals surface area contributed by atoms with Crippen LogP contribution in [0, 0.1) is 0 Å². The highest BCUT2D eigenvalue weighted by molar-refractivity contribution is 6.19. The smallest absolute Gasteiger partial charge is 0.262 e. The molecule has 1 heterocycles. The number of rotatable bonds is 7. The van der Waals surface area contributed by atoms with Gasteiger partial charge in [0.25, 0.3) is 5.43 Å². The van der Waals surface area contributed by atoms with Gasteiger partial charge in [0.1, 0.15) is 22.7 Å². The maximum atomic E-state index is 13.5. The Kier molecular flexibility index (Phi) is 6.97. The van der Waals surface area contributed by atoms with Gasteiger partial charge in [-0.3, -0.25) is 4.79 Å². The van der Waals surface area contributed by atoms with Crippen LogP contribution in [0.4, 0.5) is 0 Å². The molecule has 0 aliphatic rings. The second-order valence-electron chi connectivity index (χ2n) is 10.1. The highest BCUT2D eigenvalue weighted by atomic mass is 16.5. The van der Waals surface area contributed by atoms with Crippen molar-refractivity contribution in [1.82, 2.24) is 0 Å². The van der Waals surface area contributed by atoms with Crippen LogP contribution >= 0.6 is 0 Å². The van der Waals surface area contributed by atoms with E-state index in [1.807, 2.05) is 0 Å². The average molecular weight is 597 g/mol. The summed E-state index contributed by atoms with van der Waals surface area (Å²) in [5, 5.41) is 43.1. The Morgan fingerprint density at radius 1 is 0.682 bits per heavy atom. The third-order valence-electron chi connectivity index (χ3n) is 7.71. The summed E-state index contributed by atoms with van der Waals surface area (Å²) in [6.45, 7) is 0. The molecule has 4 N–H and O–H groups in total. The van der Waals surface area contributed by atoms with E-state index in [1.165, 1.54) is 52.7 Å². The lowest BCUT2D eigenvalue weighted by molar-refractivity contribution is 0.373. The molecule has 44 heavy (non-hydrogen) atoms. The molecule has 1 aromatic heterocycles. The first kappa shape index (κ1) is 28.4. The van der Waals surface area contributed by atoms with E-state index < -0.39 is 5.43 Å². The van der Waals surface area contributed by atoms with Crippen molar-refractivity contribution in [2.24, 2.45) is 0 Å². The maximum Gasteiger partial charge on any atom is 0.262 e. The lowest BCUT2D eigenvalue weighted by Crippen LogP contribution is -2.10. The maximum absolute atomic E-state index is 13.5. The van der Waals surface area contributed by atoms with Gasteiger partial charge in [0.2, 0.25) is 0 Å². The number of phenols is 4. The predicted molar refractivity (Wildman–Crippen MR) is 165 cm³/mol. The number of aromatic hydroxyl groups is 4. The summed E-state index contributed by atoms with van der Waals surface area (Å²) in [6.07, 6.45) is 0.219. The van der Waals surface area contributed by atoms with Gasteiger partial charge >= 0.3 is 0 Å². The van der Waals surface area contributed by atoms with Crippen LogP contribution in [0.15, 0.2) is 69.9 Å². The largest absolute Gasteiger partial charge is 0.508 e. The van der Waals surface area contributed by atoms with Crippen LogP contribution in [0.1, 0.15) is 11.1 Å². The zero-order valence-electron chi connectivity index (χ0n) is 24.2. The zero-order chi connectivity index (χ0) is 31.3. The molecule has 0 bridgehead atoms. The summed E-state index contributed by atoms with van der Waals surface area (Å²) >= 11 is 0. The summed E-state index contributed by atoms with van der Waals surface area (Å²) < 4.78 is 28.7. The second-order valence-corrected chi connectivity index (χ2v) is 10.1. The molecule has 0 saturated heterocycles. The number of methoxy groups -OCH3 is 4. The Balaban J connectivity index is 1.88. The van der Waals surface area contributed by atoms with Gasteiger partial charge < -0.3 is 43.8 Å². The quantitative estimate of drug-likeness (QED) is 0.0952. The second kappa shape index (κ2) is 10.8. The lowest BCUT2D eigenvalue weighted by Gasteiger charge is -2.21. The van der Waals surface area contributed by atoms with Crippen molar-refractivity contribution in [3.63, 3.8) is 0 Å². The van der Waals surface area contributed by atoms with E-state index in [9.17, 15) is 25.2 Å². The average Bonchev–Trinajstić information content (AvgIpc) is 3.02. The van der Waals surface area contributed by atoms with Gasteiger partial charge in [0.05, 0.1) is 28.4 Å². The van der Waals surface area contributed by atoms with Crippen molar-refractivity contribution in [3.05, 3.63) is 82.0 Å². The predicted octanol–water partition coefficient (Wildman–Crippen LogP) is 6.21. The van der Waals surface area contributed by atoms with E-state index >= 15 is 0 Å². The molecule has 224 valence electrons. The number of hydrogen-bond acceptors (Lipinski definition) is 10. The van der Waals surface area contributed by atoms with E-state index in [1.54, 1.807) is 36.4 Å². The lowest BCUT2D eigenvalue weighted by atomic mass is 9.86. The molecule has 0 radical (unpaired) electrons. The highest BCUT2D eigenvalue weighted by Crippen LogP contribution is 2.47. The van der Waals surface area contributed by atoms with Gasteiger partial charge in [-0.1, -0.05) is 12.1 Å². The number of fused-ring (bicyclic) bond motifs is 4. The van der Waals surface area contributed by atoms with Crippen LogP contribution < -0.4 is 24.4 Å². The number of hydrogen-bond donors (Lipinski definition) is 4. The normalized spacial score (nSPS) is 11.3. The van der Waals surface area contributed by atoms with Gasteiger partial charge in [-0.25, -0.2) is 0 Å². The van der Waals surface area contributed by atoms with Crippen molar-refractivity contribution >= 4 is 32.7 Å². The van der Waals surface area contributed by atoms with E-state index in [-0.39, 0.29) is 52.3 Å². The van der Waals surface area contributed by atoms with Gasteiger partial charge in [-0.05, 0) is 58.5 Å². The Labute approximate surface area is 250 Å². The SMILES string of the molecule is COc1cc(-c2c(Cc3ccc(O)cc3OC)c3oc4cc(O)c(O)cc4cc3c3c(OC)c(=O)c(OC)cc23)ccc1O. The highest BCUT2D eigenvalue weighted by Gasteiger charge is 2.26. The van der Waals surface area contributed by atoms with Crippen LogP contribution in [-0.2, 0) is 6.42 Å². The van der Waals surface area contributed by atoms with Crippen LogP contribution in [-0.4, -0.2) is 48.9 Å². The molecule has 6 rings (SSSR count). The molecule has 0 atom stereocenters. The number of phenolic OH excluding ortho intramolecular Hbond substituents is 4. The van der Waals surface area contributed by atoms with Crippen molar-refractivity contribution in [1.29, 1.82) is 0 Å². The van der Waals surface area contributed by atoms with E-state index in [0.717, 1.165) is 0 Å². The molecule has 6 aromatic rings. The zero-order valence-corrected chi connectivity index (χ0v) is 24.2. The minimum Gasteiger partial charge on any atom is -0.508 e. The Hall–Kier alpha value is -5.77. The molecular weight excluding hydrogens is 568 g/mol. The fourth-order valence-electron chi connectivity index (χ4n) is 5.68. The molecular formula is C34H28O10. The minimum atomic E-state index is -0.473. The van der Waals surface area contributed by atoms with Crippen molar-refractivity contribution in [3.8, 4) is 57.1 Å². The summed E-state index contributed by atoms with van der Waals surface area (Å²) in [5.74, 6) is -0.0176. The first-order valence-electron chi connectivity index (χ1n) is 13.4. The molecule has 0 saturated carbocycles. The van der Waals surface area contributed by atoms with E-state index in [0.29, 0.717) is 55.1 Å². The van der Waals surface area contributed by atoms with Gasteiger partial charge in [-0.15, -0.1) is 0 Å². The Bertz CT molecular complexity index is 2160. The van der Waals surface area contributed by atoms with Crippen molar-refractivity contribution < 1.29 is 43.8 Å². The molecule has 5 aromatic carbocycles. The fourth-order valence-corrected chi connectivity index (χ4v) is 5.68. The third kappa shape index (κ3) is 4.48. The molecule has 10 nitrogen and oxygen atoms in total. The third-order valence-corrected chi connectivity index (χ3v) is 7.71. The first-order valence-corrected chi connectivity index (χ1v) is 13.4. The van der Waals surface area contributed by atoms with E-state index in [2.05, 4.69) is 0 Å². The van der Waals surface area contributed by atoms with Gasteiger partial charge in [0.15, 0.2) is 34.5 Å². The van der Waals surface area contributed by atoms with Crippen LogP contribution in [0.25, 0.3) is 43.8 Å². The summed E-state index contributed by atoms with van der Waals surface area (Å²) in [6, 6.07) is 15.7. The monoisotopic (exact) mass is 596 g/mol. The van der Waals surface area contributed by atoms with Crippen molar-refractivity contribution in [2.45, 2.75) is 6.42 Å². The molecule has 0 aliphatic carbocycles. The molecule has 0 fully saturated rings. The Morgan fingerprint density at radius 2 is 1.41 bits per heavy atom.